The first kappa shape index (κ1) is 12.5. The zero-order valence-corrected chi connectivity index (χ0v) is 10.4. The summed E-state index contributed by atoms with van der Waals surface area (Å²) in [5, 5.41) is 18.4. The molecule has 2 aromatic rings. The topological polar surface area (TPSA) is 57.5 Å². The van der Waals surface area contributed by atoms with Gasteiger partial charge in [0, 0.05) is 10.6 Å². The van der Waals surface area contributed by atoms with Crippen LogP contribution >= 0.6 is 11.8 Å². The maximum absolute atomic E-state index is 10.7. The molecule has 0 atom stereocenters. The molecule has 18 heavy (non-hydrogen) atoms. The van der Waals surface area contributed by atoms with E-state index in [9.17, 15) is 9.90 Å². The lowest BCUT2D eigenvalue weighted by atomic mass is 10.2. The first-order chi connectivity index (χ1) is 8.66. The van der Waals surface area contributed by atoms with E-state index in [4.69, 9.17) is 5.11 Å². The van der Waals surface area contributed by atoms with E-state index in [0.29, 0.717) is 0 Å². The molecule has 0 bridgehead atoms. The SMILES string of the molecule is O=C(O)c1ccc(SCc2ccccc2)cc1O. The summed E-state index contributed by atoms with van der Waals surface area (Å²) in [7, 11) is 0. The third-order valence-corrected chi connectivity index (χ3v) is 3.51. The quantitative estimate of drug-likeness (QED) is 0.827. The highest BCUT2D eigenvalue weighted by atomic mass is 32.2. The minimum Gasteiger partial charge on any atom is -0.507 e. The average Bonchev–Trinajstić information content (AvgIpc) is 2.37. The van der Waals surface area contributed by atoms with Crippen molar-refractivity contribution in [3.63, 3.8) is 0 Å². The standard InChI is InChI=1S/C14H12O3S/c15-13-8-11(6-7-12(13)14(16)17)18-9-10-4-2-1-3-5-10/h1-8,15H,9H2,(H,16,17). The van der Waals surface area contributed by atoms with Gasteiger partial charge >= 0.3 is 5.97 Å². The van der Waals surface area contributed by atoms with Gasteiger partial charge in [0.2, 0.25) is 0 Å². The molecule has 0 radical (unpaired) electrons. The number of carboxylic acid groups (broad SMARTS) is 1. The van der Waals surface area contributed by atoms with E-state index in [-0.39, 0.29) is 11.3 Å². The number of hydrogen-bond acceptors (Lipinski definition) is 3. The van der Waals surface area contributed by atoms with Crippen molar-refractivity contribution in [3.8, 4) is 5.75 Å². The van der Waals surface area contributed by atoms with Crippen molar-refractivity contribution in [2.75, 3.05) is 0 Å². The van der Waals surface area contributed by atoms with Crippen LogP contribution in [0.5, 0.6) is 5.75 Å². The second kappa shape index (κ2) is 5.60. The van der Waals surface area contributed by atoms with Crippen molar-refractivity contribution in [1.82, 2.24) is 0 Å². The molecule has 0 aliphatic carbocycles. The molecular formula is C14H12O3S. The highest BCUT2D eigenvalue weighted by molar-refractivity contribution is 7.98. The van der Waals surface area contributed by atoms with Crippen LogP contribution in [0.25, 0.3) is 0 Å². The molecule has 0 aliphatic heterocycles. The van der Waals surface area contributed by atoms with Crippen molar-refractivity contribution in [1.29, 1.82) is 0 Å². The van der Waals surface area contributed by atoms with Gasteiger partial charge < -0.3 is 10.2 Å². The summed E-state index contributed by atoms with van der Waals surface area (Å²) >= 11 is 1.56. The van der Waals surface area contributed by atoms with Crippen molar-refractivity contribution in [2.45, 2.75) is 10.6 Å². The Morgan fingerprint density at radius 1 is 1.11 bits per heavy atom. The summed E-state index contributed by atoms with van der Waals surface area (Å²) in [6.45, 7) is 0. The van der Waals surface area contributed by atoms with E-state index in [2.05, 4.69) is 0 Å². The molecule has 2 N–H and O–H groups in total. The summed E-state index contributed by atoms with van der Waals surface area (Å²) < 4.78 is 0. The van der Waals surface area contributed by atoms with Gasteiger partial charge in [0.15, 0.2) is 0 Å². The second-order valence-electron chi connectivity index (χ2n) is 3.76. The largest absolute Gasteiger partial charge is 0.507 e. The lowest BCUT2D eigenvalue weighted by molar-refractivity contribution is 0.0693. The van der Waals surface area contributed by atoms with E-state index < -0.39 is 5.97 Å². The highest BCUT2D eigenvalue weighted by Gasteiger charge is 2.09. The Kier molecular flexibility index (Phi) is 3.89. The number of carboxylic acids is 1. The zero-order valence-electron chi connectivity index (χ0n) is 9.54. The van der Waals surface area contributed by atoms with Gasteiger partial charge in [-0.2, -0.15) is 0 Å². The molecule has 0 unspecified atom stereocenters. The molecule has 0 heterocycles. The molecule has 0 fully saturated rings. The maximum atomic E-state index is 10.7. The van der Waals surface area contributed by atoms with E-state index in [1.807, 2.05) is 30.3 Å². The van der Waals surface area contributed by atoms with Gasteiger partial charge in [0.05, 0.1) is 0 Å². The molecule has 0 aliphatic rings. The third kappa shape index (κ3) is 3.05. The number of benzene rings is 2. The van der Waals surface area contributed by atoms with E-state index in [1.165, 1.54) is 17.7 Å². The van der Waals surface area contributed by atoms with Crippen molar-refractivity contribution >= 4 is 17.7 Å². The second-order valence-corrected chi connectivity index (χ2v) is 4.81. The van der Waals surface area contributed by atoms with Gasteiger partial charge in [-0.15, -0.1) is 11.8 Å². The summed E-state index contributed by atoms with van der Waals surface area (Å²) in [5.41, 5.74) is 1.11. The van der Waals surface area contributed by atoms with Crippen LogP contribution in [-0.2, 0) is 5.75 Å². The predicted octanol–water partition coefficient (Wildman–Crippen LogP) is 3.38. The molecule has 92 valence electrons. The Morgan fingerprint density at radius 2 is 1.83 bits per heavy atom. The van der Waals surface area contributed by atoms with Crippen molar-refractivity contribution in [2.24, 2.45) is 0 Å². The fourth-order valence-corrected chi connectivity index (χ4v) is 2.41. The van der Waals surface area contributed by atoms with Crippen LogP contribution in [0, 0.1) is 0 Å². The van der Waals surface area contributed by atoms with Crippen molar-refractivity contribution in [3.05, 3.63) is 59.7 Å². The number of aromatic carboxylic acids is 1. The molecule has 3 nitrogen and oxygen atoms in total. The Bertz CT molecular complexity index is 552. The van der Waals surface area contributed by atoms with Crippen LogP contribution in [0.2, 0.25) is 0 Å². The van der Waals surface area contributed by atoms with Crippen LogP contribution < -0.4 is 0 Å². The minimum absolute atomic E-state index is 0.0703. The summed E-state index contributed by atoms with van der Waals surface area (Å²) in [6.07, 6.45) is 0. The summed E-state index contributed by atoms with van der Waals surface area (Å²) in [5.74, 6) is -0.528. The van der Waals surface area contributed by atoms with Gasteiger partial charge in [0.25, 0.3) is 0 Å². The van der Waals surface area contributed by atoms with Crippen LogP contribution in [0.1, 0.15) is 15.9 Å². The van der Waals surface area contributed by atoms with E-state index in [1.54, 1.807) is 17.8 Å². The average molecular weight is 260 g/mol. The molecule has 2 rings (SSSR count). The van der Waals surface area contributed by atoms with Crippen LogP contribution in [0.15, 0.2) is 53.4 Å². The molecule has 4 heteroatoms. The fraction of sp³-hybridized carbons (Fsp3) is 0.0714. The van der Waals surface area contributed by atoms with Gasteiger partial charge in [-0.05, 0) is 23.8 Å². The number of rotatable bonds is 4. The molecule has 0 aromatic heterocycles. The van der Waals surface area contributed by atoms with Gasteiger partial charge in [-0.3, -0.25) is 0 Å². The molecule has 2 aromatic carbocycles. The molecular weight excluding hydrogens is 248 g/mol. The smallest absolute Gasteiger partial charge is 0.339 e. The Balaban J connectivity index is 2.07. The maximum Gasteiger partial charge on any atom is 0.339 e. The number of carbonyl (C=O) groups is 1. The minimum atomic E-state index is -1.12. The summed E-state index contributed by atoms with van der Waals surface area (Å²) in [6, 6.07) is 14.6. The fourth-order valence-electron chi connectivity index (χ4n) is 1.52. The first-order valence-corrected chi connectivity index (χ1v) is 6.38. The Hall–Kier alpha value is -1.94. The van der Waals surface area contributed by atoms with Crippen LogP contribution in [0.3, 0.4) is 0 Å². The normalized spacial score (nSPS) is 10.2. The molecule has 0 spiro atoms. The van der Waals surface area contributed by atoms with Crippen molar-refractivity contribution < 1.29 is 15.0 Å². The third-order valence-electron chi connectivity index (χ3n) is 2.45. The number of aromatic hydroxyl groups is 1. The van der Waals surface area contributed by atoms with E-state index >= 15 is 0 Å². The van der Waals surface area contributed by atoms with Crippen LogP contribution in [-0.4, -0.2) is 16.2 Å². The number of hydrogen-bond donors (Lipinski definition) is 2. The number of thioether (sulfide) groups is 1. The lowest BCUT2D eigenvalue weighted by Gasteiger charge is -2.04. The Labute approximate surface area is 109 Å². The van der Waals surface area contributed by atoms with Gasteiger partial charge in [-0.25, -0.2) is 4.79 Å². The lowest BCUT2D eigenvalue weighted by Crippen LogP contribution is -1.96. The molecule has 0 saturated heterocycles. The highest BCUT2D eigenvalue weighted by Crippen LogP contribution is 2.28. The van der Waals surface area contributed by atoms with E-state index in [0.717, 1.165) is 10.6 Å². The summed E-state index contributed by atoms with van der Waals surface area (Å²) in [4.78, 5) is 11.6. The monoisotopic (exact) mass is 260 g/mol. The van der Waals surface area contributed by atoms with Gasteiger partial charge in [-0.1, -0.05) is 30.3 Å². The predicted molar refractivity (Wildman–Crippen MR) is 71.1 cm³/mol. The zero-order chi connectivity index (χ0) is 13.0. The number of phenols is 1. The first-order valence-electron chi connectivity index (χ1n) is 5.40. The van der Waals surface area contributed by atoms with Gasteiger partial charge in [0.1, 0.15) is 11.3 Å². The molecule has 0 saturated carbocycles. The van der Waals surface area contributed by atoms with Crippen LogP contribution in [0.4, 0.5) is 0 Å². The molecule has 0 amide bonds. The Morgan fingerprint density at radius 3 is 2.44 bits per heavy atom.